The molecule has 6 heteroatoms. The average molecular weight is 367 g/mol. The summed E-state index contributed by atoms with van der Waals surface area (Å²) in [6.07, 6.45) is 1.16. The van der Waals surface area contributed by atoms with Crippen LogP contribution in [0.1, 0.15) is 26.6 Å². The summed E-state index contributed by atoms with van der Waals surface area (Å²) in [6, 6.07) is 14.8. The maximum Gasteiger partial charge on any atom is 0.339 e. The highest BCUT2D eigenvalue weighted by Gasteiger charge is 2.34. The van der Waals surface area contributed by atoms with Crippen molar-refractivity contribution in [2.45, 2.75) is 25.6 Å². The Kier molecular flexibility index (Phi) is 4.58. The number of hydrogen-bond donors (Lipinski definition) is 0. The highest BCUT2D eigenvalue weighted by atomic mass is 32.1. The van der Waals surface area contributed by atoms with Crippen LogP contribution in [0.4, 0.5) is 0 Å². The van der Waals surface area contributed by atoms with Gasteiger partial charge in [0.25, 0.3) is 5.91 Å². The largest absolute Gasteiger partial charge is 0.467 e. The van der Waals surface area contributed by atoms with Crippen molar-refractivity contribution in [1.82, 2.24) is 4.90 Å². The smallest absolute Gasteiger partial charge is 0.339 e. The Bertz CT molecular complexity index is 866. The van der Waals surface area contributed by atoms with Crippen molar-refractivity contribution in [3.05, 3.63) is 81.9 Å². The van der Waals surface area contributed by atoms with Gasteiger partial charge in [0, 0.05) is 11.3 Å². The molecule has 1 aromatic carbocycles. The third kappa shape index (κ3) is 3.41. The van der Waals surface area contributed by atoms with Crippen LogP contribution in [0, 0.1) is 0 Å². The van der Waals surface area contributed by atoms with Crippen molar-refractivity contribution in [3.63, 3.8) is 0 Å². The molecule has 0 fully saturated rings. The molecule has 1 aliphatic heterocycles. The standard InChI is InChI=1S/C20H17NO4S/c22-19(18-11-14-5-1-2-8-17(14)20(23)25-18)21(12-15-6-3-9-24-15)13-16-7-4-10-26-16/h1-10,18H,11-13H2/t18-/m0/s1. The van der Waals surface area contributed by atoms with Gasteiger partial charge in [-0.15, -0.1) is 11.3 Å². The minimum Gasteiger partial charge on any atom is -0.467 e. The lowest BCUT2D eigenvalue weighted by Crippen LogP contribution is -2.43. The highest BCUT2D eigenvalue weighted by molar-refractivity contribution is 7.09. The second-order valence-corrected chi connectivity index (χ2v) is 7.14. The molecule has 1 aliphatic rings. The van der Waals surface area contributed by atoms with E-state index >= 15 is 0 Å². The zero-order valence-corrected chi connectivity index (χ0v) is 14.8. The van der Waals surface area contributed by atoms with Crippen LogP contribution in [0.3, 0.4) is 0 Å². The van der Waals surface area contributed by atoms with Crippen LogP contribution in [0.2, 0.25) is 0 Å². The molecule has 26 heavy (non-hydrogen) atoms. The lowest BCUT2D eigenvalue weighted by Gasteiger charge is -2.29. The monoisotopic (exact) mass is 367 g/mol. The normalized spacial score (nSPS) is 16.0. The van der Waals surface area contributed by atoms with Gasteiger partial charge in [-0.3, -0.25) is 4.79 Å². The molecule has 3 heterocycles. The molecular formula is C20H17NO4S. The van der Waals surface area contributed by atoms with Crippen LogP contribution in [-0.4, -0.2) is 22.9 Å². The van der Waals surface area contributed by atoms with E-state index < -0.39 is 12.1 Å². The zero-order valence-electron chi connectivity index (χ0n) is 14.0. The Balaban J connectivity index is 1.57. The van der Waals surface area contributed by atoms with Gasteiger partial charge in [-0.25, -0.2) is 4.79 Å². The van der Waals surface area contributed by atoms with E-state index in [9.17, 15) is 9.59 Å². The van der Waals surface area contributed by atoms with Gasteiger partial charge in [-0.2, -0.15) is 0 Å². The first-order chi connectivity index (χ1) is 12.7. The fourth-order valence-corrected chi connectivity index (χ4v) is 3.79. The first kappa shape index (κ1) is 16.6. The van der Waals surface area contributed by atoms with Gasteiger partial charge < -0.3 is 14.1 Å². The molecule has 132 valence electrons. The lowest BCUT2D eigenvalue weighted by atomic mass is 9.98. The molecule has 0 N–H and O–H groups in total. The van der Waals surface area contributed by atoms with Crippen molar-refractivity contribution < 1.29 is 18.7 Å². The first-order valence-corrected chi connectivity index (χ1v) is 9.21. The van der Waals surface area contributed by atoms with E-state index in [1.807, 2.05) is 35.7 Å². The number of thiophene rings is 1. The second kappa shape index (κ2) is 7.17. The molecule has 0 unspecified atom stereocenters. The number of amides is 1. The minimum absolute atomic E-state index is 0.211. The molecule has 5 nitrogen and oxygen atoms in total. The molecule has 1 amide bonds. The van der Waals surface area contributed by atoms with Crippen LogP contribution in [0.15, 0.2) is 64.6 Å². The summed E-state index contributed by atoms with van der Waals surface area (Å²) in [6.45, 7) is 0.784. The first-order valence-electron chi connectivity index (χ1n) is 8.33. The van der Waals surface area contributed by atoms with Gasteiger partial charge >= 0.3 is 5.97 Å². The highest BCUT2D eigenvalue weighted by Crippen LogP contribution is 2.23. The lowest BCUT2D eigenvalue weighted by molar-refractivity contribution is -0.142. The van der Waals surface area contributed by atoms with E-state index in [2.05, 4.69) is 0 Å². The zero-order chi connectivity index (χ0) is 17.9. The molecule has 1 atom stereocenters. The van der Waals surface area contributed by atoms with Gasteiger partial charge in [0.2, 0.25) is 0 Å². The van der Waals surface area contributed by atoms with Gasteiger partial charge in [0.15, 0.2) is 6.10 Å². The second-order valence-electron chi connectivity index (χ2n) is 6.11. The molecule has 2 aromatic heterocycles. The molecule has 0 saturated heterocycles. The van der Waals surface area contributed by atoms with Crippen molar-refractivity contribution >= 4 is 23.2 Å². The fourth-order valence-electron chi connectivity index (χ4n) is 3.07. The Morgan fingerprint density at radius 2 is 2.00 bits per heavy atom. The molecule has 0 saturated carbocycles. The number of esters is 1. The Hall–Kier alpha value is -2.86. The quantitative estimate of drug-likeness (QED) is 0.646. The van der Waals surface area contributed by atoms with Gasteiger partial charge in [-0.1, -0.05) is 24.3 Å². The number of nitrogens with zero attached hydrogens (tertiary/aromatic N) is 1. The van der Waals surface area contributed by atoms with Crippen molar-refractivity contribution in [3.8, 4) is 0 Å². The van der Waals surface area contributed by atoms with Crippen molar-refractivity contribution in [1.29, 1.82) is 0 Å². The van der Waals surface area contributed by atoms with Crippen molar-refractivity contribution in [2.24, 2.45) is 0 Å². The molecule has 0 radical (unpaired) electrons. The predicted molar refractivity (Wildman–Crippen MR) is 96.6 cm³/mol. The average Bonchev–Trinajstić information content (AvgIpc) is 3.34. The summed E-state index contributed by atoms with van der Waals surface area (Å²) in [5, 5.41) is 1.97. The fraction of sp³-hybridized carbons (Fsp3) is 0.200. The van der Waals surface area contributed by atoms with E-state index in [4.69, 9.17) is 9.15 Å². The summed E-state index contributed by atoms with van der Waals surface area (Å²) < 4.78 is 10.8. The van der Waals surface area contributed by atoms with Gasteiger partial charge in [0.1, 0.15) is 5.76 Å². The summed E-state index contributed by atoms with van der Waals surface area (Å²) in [4.78, 5) is 28.1. The number of rotatable bonds is 5. The summed E-state index contributed by atoms with van der Waals surface area (Å²) in [7, 11) is 0. The SMILES string of the molecule is O=C1O[C@H](C(=O)N(Cc2ccco2)Cc2cccs2)Cc2ccccc21. The molecule has 0 bridgehead atoms. The van der Waals surface area contributed by atoms with E-state index in [0.29, 0.717) is 30.8 Å². The number of ether oxygens (including phenoxy) is 1. The van der Waals surface area contributed by atoms with Gasteiger partial charge in [-0.05, 0) is 35.2 Å². The topological polar surface area (TPSA) is 59.8 Å². The Morgan fingerprint density at radius 3 is 2.77 bits per heavy atom. The van der Waals surface area contributed by atoms with E-state index in [-0.39, 0.29) is 5.91 Å². The number of hydrogen-bond acceptors (Lipinski definition) is 5. The number of cyclic esters (lactones) is 1. The summed E-state index contributed by atoms with van der Waals surface area (Å²) in [5.41, 5.74) is 1.38. The molecule has 0 aliphatic carbocycles. The Labute approximate surface area is 154 Å². The minimum atomic E-state index is -0.813. The molecule has 4 rings (SSSR count). The Morgan fingerprint density at radius 1 is 1.12 bits per heavy atom. The van der Waals surface area contributed by atoms with Crippen LogP contribution >= 0.6 is 11.3 Å². The number of carbonyl (C=O) groups is 2. The predicted octanol–water partition coefficient (Wildman–Crippen LogP) is 3.65. The van der Waals surface area contributed by atoms with Gasteiger partial charge in [0.05, 0.1) is 24.9 Å². The summed E-state index contributed by atoms with van der Waals surface area (Å²) >= 11 is 1.58. The van der Waals surface area contributed by atoms with Crippen LogP contribution in [0.5, 0.6) is 0 Å². The van der Waals surface area contributed by atoms with Crippen LogP contribution in [-0.2, 0) is 29.0 Å². The maximum atomic E-state index is 13.1. The number of furan rings is 1. The van der Waals surface area contributed by atoms with Crippen molar-refractivity contribution in [2.75, 3.05) is 0 Å². The summed E-state index contributed by atoms with van der Waals surface area (Å²) in [5.74, 6) is 0.0365. The molecule has 0 spiro atoms. The number of carbonyl (C=O) groups excluding carboxylic acids is 2. The number of fused-ring (bicyclic) bond motifs is 1. The van der Waals surface area contributed by atoms with E-state index in [0.717, 1.165) is 10.4 Å². The third-order valence-corrected chi connectivity index (χ3v) is 5.19. The molecular weight excluding hydrogens is 350 g/mol. The van der Waals surface area contributed by atoms with E-state index in [1.165, 1.54) is 0 Å². The van der Waals surface area contributed by atoms with E-state index in [1.54, 1.807) is 40.7 Å². The van der Waals surface area contributed by atoms with Crippen LogP contribution < -0.4 is 0 Å². The maximum absolute atomic E-state index is 13.1. The molecule has 3 aromatic rings. The van der Waals surface area contributed by atoms with Crippen LogP contribution in [0.25, 0.3) is 0 Å². The third-order valence-electron chi connectivity index (χ3n) is 4.33. The number of benzene rings is 1.